The predicted molar refractivity (Wildman–Crippen MR) is 120 cm³/mol. The number of rotatable bonds is 8. The molecule has 7 nitrogen and oxygen atoms in total. The first-order valence-electron chi connectivity index (χ1n) is 11.0. The molecule has 3 heterocycles. The normalized spacial score (nSPS) is 20.8. The van der Waals surface area contributed by atoms with Crippen molar-refractivity contribution in [1.29, 1.82) is 0 Å². The van der Waals surface area contributed by atoms with Crippen LogP contribution in [0.4, 0.5) is 0 Å². The van der Waals surface area contributed by atoms with Gasteiger partial charge in [-0.15, -0.1) is 11.3 Å². The number of nitrogens with zero attached hydrogens (tertiary/aromatic N) is 2. The second kappa shape index (κ2) is 10.1. The number of amides is 1. The molecular weight excluding hydrogens is 414 g/mol. The Kier molecular flexibility index (Phi) is 7.22. The Morgan fingerprint density at radius 1 is 1.39 bits per heavy atom. The van der Waals surface area contributed by atoms with E-state index in [-0.39, 0.29) is 24.2 Å². The van der Waals surface area contributed by atoms with Crippen molar-refractivity contribution in [2.24, 2.45) is 0 Å². The SMILES string of the molecule is Cc1nc(C(=O)NCC2CCC3(CCN(Cc4cccc(OCCO)c4)CC3)O2)cs1. The summed E-state index contributed by atoms with van der Waals surface area (Å²) in [5.41, 5.74) is 1.67. The average Bonchev–Trinajstić information content (AvgIpc) is 3.39. The Hall–Kier alpha value is -2.00. The van der Waals surface area contributed by atoms with Crippen LogP contribution in [0, 0.1) is 6.92 Å². The van der Waals surface area contributed by atoms with Gasteiger partial charge in [0.2, 0.25) is 0 Å². The summed E-state index contributed by atoms with van der Waals surface area (Å²) in [4.78, 5) is 18.9. The summed E-state index contributed by atoms with van der Waals surface area (Å²) in [6.07, 6.45) is 4.16. The quantitative estimate of drug-likeness (QED) is 0.650. The summed E-state index contributed by atoms with van der Waals surface area (Å²) < 4.78 is 12.0. The van der Waals surface area contributed by atoms with Crippen molar-refractivity contribution in [3.63, 3.8) is 0 Å². The largest absolute Gasteiger partial charge is 0.491 e. The van der Waals surface area contributed by atoms with Crippen molar-refractivity contribution in [2.45, 2.75) is 50.9 Å². The summed E-state index contributed by atoms with van der Waals surface area (Å²) in [6.45, 7) is 5.67. The number of carbonyl (C=O) groups is 1. The molecule has 2 aromatic rings. The maximum Gasteiger partial charge on any atom is 0.270 e. The first kappa shape index (κ1) is 22.2. The van der Waals surface area contributed by atoms with Gasteiger partial charge < -0.3 is 19.9 Å². The fraction of sp³-hybridized carbons (Fsp3) is 0.565. The number of thiazole rings is 1. The lowest BCUT2D eigenvalue weighted by molar-refractivity contribution is -0.0764. The maximum atomic E-state index is 12.2. The molecule has 2 saturated heterocycles. The van der Waals surface area contributed by atoms with Crippen LogP contribution in [0.3, 0.4) is 0 Å². The molecule has 2 aliphatic heterocycles. The van der Waals surface area contributed by atoms with Crippen molar-refractivity contribution in [1.82, 2.24) is 15.2 Å². The van der Waals surface area contributed by atoms with Crippen LogP contribution >= 0.6 is 11.3 Å². The van der Waals surface area contributed by atoms with E-state index in [1.807, 2.05) is 19.1 Å². The monoisotopic (exact) mass is 445 g/mol. The number of likely N-dealkylation sites (tertiary alicyclic amines) is 1. The van der Waals surface area contributed by atoms with E-state index < -0.39 is 0 Å². The Balaban J connectivity index is 1.22. The smallest absolute Gasteiger partial charge is 0.270 e. The fourth-order valence-corrected chi connectivity index (χ4v) is 5.04. The standard InChI is InChI=1S/C23H31N3O4S/c1-17-25-21(16-31-17)22(28)24-14-20-5-6-23(30-20)7-9-26(10-8-23)15-18-3-2-4-19(13-18)29-12-11-27/h2-4,13,16,20,27H,5-12,14-15H2,1H3,(H,24,28). The number of aliphatic hydroxyl groups excluding tert-OH is 1. The van der Waals surface area contributed by atoms with Gasteiger partial charge in [-0.3, -0.25) is 9.69 Å². The number of benzene rings is 1. The zero-order valence-corrected chi connectivity index (χ0v) is 18.8. The molecular formula is C23H31N3O4S. The summed E-state index contributed by atoms with van der Waals surface area (Å²) in [5.74, 6) is 0.686. The van der Waals surface area contributed by atoms with Crippen molar-refractivity contribution in [3.8, 4) is 5.75 Å². The van der Waals surface area contributed by atoms with Gasteiger partial charge in [-0.2, -0.15) is 0 Å². The summed E-state index contributed by atoms with van der Waals surface area (Å²) in [7, 11) is 0. The number of aromatic nitrogens is 1. The van der Waals surface area contributed by atoms with Crippen molar-refractivity contribution < 1.29 is 19.4 Å². The number of hydrogen-bond donors (Lipinski definition) is 2. The lowest BCUT2D eigenvalue weighted by atomic mass is 9.88. The molecule has 1 amide bonds. The van der Waals surface area contributed by atoms with E-state index in [2.05, 4.69) is 27.3 Å². The van der Waals surface area contributed by atoms with E-state index in [0.717, 1.165) is 56.1 Å². The van der Waals surface area contributed by atoms with Gasteiger partial charge in [-0.05, 0) is 50.3 Å². The van der Waals surface area contributed by atoms with E-state index in [4.69, 9.17) is 14.6 Å². The molecule has 1 spiro atoms. The van der Waals surface area contributed by atoms with E-state index >= 15 is 0 Å². The van der Waals surface area contributed by atoms with Crippen LogP contribution in [0.5, 0.6) is 5.75 Å². The minimum Gasteiger partial charge on any atom is -0.491 e. The second-order valence-corrected chi connectivity index (χ2v) is 9.48. The molecule has 1 atom stereocenters. The summed E-state index contributed by atoms with van der Waals surface area (Å²) in [5, 5.41) is 14.6. The van der Waals surface area contributed by atoms with Gasteiger partial charge in [-0.1, -0.05) is 12.1 Å². The van der Waals surface area contributed by atoms with E-state index in [1.165, 1.54) is 16.9 Å². The van der Waals surface area contributed by atoms with Gasteiger partial charge in [0.1, 0.15) is 18.1 Å². The van der Waals surface area contributed by atoms with Crippen LogP contribution in [0.1, 0.15) is 46.7 Å². The second-order valence-electron chi connectivity index (χ2n) is 8.42. The zero-order chi connectivity index (χ0) is 21.7. The number of carbonyl (C=O) groups excluding carboxylic acids is 1. The molecule has 0 bridgehead atoms. The molecule has 2 N–H and O–H groups in total. The molecule has 0 aliphatic carbocycles. The lowest BCUT2D eigenvalue weighted by Gasteiger charge is -2.39. The topological polar surface area (TPSA) is 83.9 Å². The first-order valence-corrected chi connectivity index (χ1v) is 11.9. The van der Waals surface area contributed by atoms with Crippen LogP contribution in [0.25, 0.3) is 0 Å². The third kappa shape index (κ3) is 5.83. The van der Waals surface area contributed by atoms with Crippen molar-refractivity contribution in [3.05, 3.63) is 45.9 Å². The molecule has 8 heteroatoms. The molecule has 31 heavy (non-hydrogen) atoms. The number of aryl methyl sites for hydroxylation is 1. The van der Waals surface area contributed by atoms with E-state index in [1.54, 1.807) is 5.38 Å². The van der Waals surface area contributed by atoms with Crippen LogP contribution in [-0.4, -0.2) is 65.5 Å². The highest BCUT2D eigenvalue weighted by atomic mass is 32.1. The number of nitrogens with one attached hydrogen (secondary N) is 1. The Bertz CT molecular complexity index is 879. The van der Waals surface area contributed by atoms with E-state index in [9.17, 15) is 4.79 Å². The van der Waals surface area contributed by atoms with Crippen LogP contribution in [0.2, 0.25) is 0 Å². The lowest BCUT2D eigenvalue weighted by Crippen LogP contribution is -2.44. The third-order valence-corrected chi connectivity index (χ3v) is 6.89. The van der Waals surface area contributed by atoms with Crippen LogP contribution in [0.15, 0.2) is 29.6 Å². The third-order valence-electron chi connectivity index (χ3n) is 6.11. The molecule has 0 saturated carbocycles. The highest BCUT2D eigenvalue weighted by molar-refractivity contribution is 7.09. The van der Waals surface area contributed by atoms with Gasteiger partial charge in [-0.25, -0.2) is 4.98 Å². The number of hydrogen-bond acceptors (Lipinski definition) is 7. The molecule has 4 rings (SSSR count). The molecule has 168 valence electrons. The van der Waals surface area contributed by atoms with Crippen LogP contribution < -0.4 is 10.1 Å². The highest BCUT2D eigenvalue weighted by Gasteiger charge is 2.42. The molecule has 1 aromatic carbocycles. The fourth-order valence-electron chi connectivity index (χ4n) is 4.45. The maximum absolute atomic E-state index is 12.2. The highest BCUT2D eigenvalue weighted by Crippen LogP contribution is 2.39. The van der Waals surface area contributed by atoms with E-state index in [0.29, 0.717) is 18.8 Å². The minimum atomic E-state index is -0.117. The van der Waals surface area contributed by atoms with Crippen molar-refractivity contribution >= 4 is 17.2 Å². The Morgan fingerprint density at radius 2 is 2.23 bits per heavy atom. The summed E-state index contributed by atoms with van der Waals surface area (Å²) in [6, 6.07) is 8.09. The summed E-state index contributed by atoms with van der Waals surface area (Å²) >= 11 is 1.49. The van der Waals surface area contributed by atoms with Gasteiger partial charge in [0.05, 0.1) is 23.3 Å². The predicted octanol–water partition coefficient (Wildman–Crippen LogP) is 2.77. The zero-order valence-electron chi connectivity index (χ0n) is 18.0. The van der Waals surface area contributed by atoms with Gasteiger partial charge in [0.25, 0.3) is 5.91 Å². The Labute approximate surface area is 187 Å². The molecule has 2 aliphatic rings. The number of aliphatic hydroxyl groups is 1. The van der Waals surface area contributed by atoms with Gasteiger partial charge in [0.15, 0.2) is 0 Å². The number of ether oxygens (including phenoxy) is 2. The molecule has 0 radical (unpaired) electrons. The number of piperidine rings is 1. The van der Waals surface area contributed by atoms with Gasteiger partial charge in [0, 0.05) is 31.6 Å². The van der Waals surface area contributed by atoms with Gasteiger partial charge >= 0.3 is 0 Å². The first-order chi connectivity index (χ1) is 15.0. The average molecular weight is 446 g/mol. The molecule has 1 aromatic heterocycles. The molecule has 1 unspecified atom stereocenters. The molecule has 2 fully saturated rings. The Morgan fingerprint density at radius 3 is 2.97 bits per heavy atom. The van der Waals surface area contributed by atoms with Crippen LogP contribution in [-0.2, 0) is 11.3 Å². The van der Waals surface area contributed by atoms with Crippen molar-refractivity contribution in [2.75, 3.05) is 32.8 Å². The minimum absolute atomic E-state index is 0.0215.